The Morgan fingerprint density at radius 3 is 2.50 bits per heavy atom. The van der Waals surface area contributed by atoms with Gasteiger partial charge in [-0.05, 0) is 18.9 Å². The second-order valence-corrected chi connectivity index (χ2v) is 4.60. The van der Waals surface area contributed by atoms with Crippen LogP contribution in [-0.4, -0.2) is 0 Å². The predicted molar refractivity (Wildman–Crippen MR) is 73.4 cm³/mol. The molecule has 0 spiro atoms. The summed E-state index contributed by atoms with van der Waals surface area (Å²) in [7, 11) is 0. The molecular formula is C16H22F2. The van der Waals surface area contributed by atoms with Gasteiger partial charge < -0.3 is 0 Å². The van der Waals surface area contributed by atoms with Crippen molar-refractivity contribution in [3.8, 4) is 0 Å². The van der Waals surface area contributed by atoms with Gasteiger partial charge in [-0.25, -0.2) is 8.78 Å². The third-order valence-electron chi connectivity index (χ3n) is 3.00. The molecule has 0 aliphatic carbocycles. The highest BCUT2D eigenvalue weighted by molar-refractivity contribution is 5.49. The first kappa shape index (κ1) is 14.9. The summed E-state index contributed by atoms with van der Waals surface area (Å²) in [6.45, 7) is 2.20. The summed E-state index contributed by atoms with van der Waals surface area (Å²) >= 11 is 0. The Balaban J connectivity index is 2.22. The molecule has 0 nitrogen and oxygen atoms in total. The minimum atomic E-state index is -0.781. The lowest BCUT2D eigenvalue weighted by molar-refractivity contribution is 0.507. The Morgan fingerprint density at radius 2 is 1.72 bits per heavy atom. The van der Waals surface area contributed by atoms with Crippen molar-refractivity contribution in [3.63, 3.8) is 0 Å². The highest BCUT2D eigenvalue weighted by Crippen LogP contribution is 2.14. The largest absolute Gasteiger partial charge is 0.204 e. The maximum absolute atomic E-state index is 13.3. The minimum Gasteiger partial charge on any atom is -0.204 e. The van der Waals surface area contributed by atoms with Gasteiger partial charge in [0.05, 0.1) is 0 Å². The highest BCUT2D eigenvalue weighted by atomic mass is 19.2. The van der Waals surface area contributed by atoms with E-state index in [2.05, 4.69) is 6.92 Å². The summed E-state index contributed by atoms with van der Waals surface area (Å²) in [4.78, 5) is 0. The van der Waals surface area contributed by atoms with Crippen LogP contribution in [0.15, 0.2) is 24.3 Å². The van der Waals surface area contributed by atoms with Crippen molar-refractivity contribution < 1.29 is 8.78 Å². The fourth-order valence-corrected chi connectivity index (χ4v) is 1.90. The van der Waals surface area contributed by atoms with Crippen LogP contribution >= 0.6 is 0 Å². The van der Waals surface area contributed by atoms with Crippen molar-refractivity contribution in [3.05, 3.63) is 41.5 Å². The van der Waals surface area contributed by atoms with E-state index in [0.29, 0.717) is 5.56 Å². The number of hydrogen-bond acceptors (Lipinski definition) is 0. The van der Waals surface area contributed by atoms with Crippen molar-refractivity contribution in [1.29, 1.82) is 0 Å². The SMILES string of the molecule is CCCCCCCCC=Cc1cccc(F)c1F. The summed E-state index contributed by atoms with van der Waals surface area (Å²) in [6.07, 6.45) is 12.0. The standard InChI is InChI=1S/C16H22F2/c1-2-3-4-5-6-7-8-9-11-14-12-10-13-15(17)16(14)18/h9-13H,2-8H2,1H3. The van der Waals surface area contributed by atoms with Crippen LogP contribution < -0.4 is 0 Å². The van der Waals surface area contributed by atoms with Crippen LogP contribution in [0.1, 0.15) is 57.4 Å². The van der Waals surface area contributed by atoms with Gasteiger partial charge in [-0.15, -0.1) is 0 Å². The maximum atomic E-state index is 13.3. The zero-order valence-corrected chi connectivity index (χ0v) is 11.1. The van der Waals surface area contributed by atoms with Crippen molar-refractivity contribution in [2.75, 3.05) is 0 Å². The number of hydrogen-bond donors (Lipinski definition) is 0. The zero-order valence-electron chi connectivity index (χ0n) is 11.1. The van der Waals surface area contributed by atoms with Gasteiger partial charge in [0.15, 0.2) is 11.6 Å². The molecule has 1 rings (SSSR count). The number of benzene rings is 1. The third kappa shape index (κ3) is 5.44. The highest BCUT2D eigenvalue weighted by Gasteiger charge is 2.03. The van der Waals surface area contributed by atoms with E-state index in [9.17, 15) is 8.78 Å². The Morgan fingerprint density at radius 1 is 1.00 bits per heavy atom. The quantitative estimate of drug-likeness (QED) is 0.518. The lowest BCUT2D eigenvalue weighted by Crippen LogP contribution is -1.87. The van der Waals surface area contributed by atoms with Gasteiger partial charge in [-0.2, -0.15) is 0 Å². The summed E-state index contributed by atoms with van der Waals surface area (Å²) < 4.78 is 26.2. The van der Waals surface area contributed by atoms with Crippen molar-refractivity contribution >= 4 is 6.08 Å². The second kappa shape index (κ2) is 8.84. The first-order valence-corrected chi connectivity index (χ1v) is 6.86. The molecule has 0 heterocycles. The molecule has 0 aliphatic heterocycles. The van der Waals surface area contributed by atoms with Gasteiger partial charge in [0.2, 0.25) is 0 Å². The summed E-state index contributed by atoms with van der Waals surface area (Å²) in [6, 6.07) is 4.26. The summed E-state index contributed by atoms with van der Waals surface area (Å²) in [5, 5.41) is 0. The molecule has 0 fully saturated rings. The van der Waals surface area contributed by atoms with E-state index < -0.39 is 11.6 Å². The second-order valence-electron chi connectivity index (χ2n) is 4.60. The van der Waals surface area contributed by atoms with Crippen LogP contribution in [0.4, 0.5) is 8.78 Å². The van der Waals surface area contributed by atoms with E-state index in [1.165, 1.54) is 38.2 Å². The van der Waals surface area contributed by atoms with Crippen molar-refractivity contribution in [2.45, 2.75) is 51.9 Å². The number of allylic oxidation sites excluding steroid dienone is 1. The van der Waals surface area contributed by atoms with E-state index in [1.54, 1.807) is 12.1 Å². The minimum absolute atomic E-state index is 0.334. The number of rotatable bonds is 8. The van der Waals surface area contributed by atoms with E-state index in [-0.39, 0.29) is 0 Å². The van der Waals surface area contributed by atoms with Crippen LogP contribution in [0.25, 0.3) is 6.08 Å². The van der Waals surface area contributed by atoms with E-state index in [0.717, 1.165) is 18.9 Å². The van der Waals surface area contributed by atoms with Gasteiger partial charge >= 0.3 is 0 Å². The van der Waals surface area contributed by atoms with Gasteiger partial charge in [-0.1, -0.05) is 63.3 Å². The van der Waals surface area contributed by atoms with Crippen LogP contribution in [0.5, 0.6) is 0 Å². The molecule has 0 radical (unpaired) electrons. The molecule has 100 valence electrons. The molecule has 2 heteroatoms. The molecule has 0 amide bonds. The van der Waals surface area contributed by atoms with E-state index >= 15 is 0 Å². The molecular weight excluding hydrogens is 230 g/mol. The molecule has 1 aromatic carbocycles. The molecule has 1 aromatic rings. The van der Waals surface area contributed by atoms with Gasteiger partial charge in [0.25, 0.3) is 0 Å². The van der Waals surface area contributed by atoms with Crippen molar-refractivity contribution in [1.82, 2.24) is 0 Å². The van der Waals surface area contributed by atoms with Gasteiger partial charge in [-0.3, -0.25) is 0 Å². The van der Waals surface area contributed by atoms with E-state index in [1.807, 2.05) is 6.08 Å². The van der Waals surface area contributed by atoms with Gasteiger partial charge in [0.1, 0.15) is 0 Å². The first-order chi connectivity index (χ1) is 8.75. The fourth-order valence-electron chi connectivity index (χ4n) is 1.90. The number of unbranched alkanes of at least 4 members (excludes halogenated alkanes) is 6. The predicted octanol–water partition coefficient (Wildman–Crippen LogP) is 5.73. The Labute approximate surface area is 109 Å². The Kier molecular flexibility index (Phi) is 7.31. The monoisotopic (exact) mass is 252 g/mol. The number of halogens is 2. The molecule has 0 aromatic heterocycles. The fraction of sp³-hybridized carbons (Fsp3) is 0.500. The average Bonchev–Trinajstić information content (AvgIpc) is 2.37. The topological polar surface area (TPSA) is 0 Å². The molecule has 0 atom stereocenters. The van der Waals surface area contributed by atoms with Crippen LogP contribution in [0, 0.1) is 11.6 Å². The average molecular weight is 252 g/mol. The smallest absolute Gasteiger partial charge is 0.166 e. The molecule has 0 N–H and O–H groups in total. The van der Waals surface area contributed by atoms with Crippen molar-refractivity contribution in [2.24, 2.45) is 0 Å². The lowest BCUT2D eigenvalue weighted by Gasteiger charge is -1.99. The van der Waals surface area contributed by atoms with Crippen LogP contribution in [0.3, 0.4) is 0 Å². The van der Waals surface area contributed by atoms with Gasteiger partial charge in [0, 0.05) is 5.56 Å². The molecule has 0 bridgehead atoms. The van der Waals surface area contributed by atoms with Crippen LogP contribution in [-0.2, 0) is 0 Å². The summed E-state index contributed by atoms with van der Waals surface area (Å²) in [5.41, 5.74) is 0.334. The van der Waals surface area contributed by atoms with Crippen LogP contribution in [0.2, 0.25) is 0 Å². The molecule has 0 unspecified atom stereocenters. The molecule has 0 saturated carbocycles. The Hall–Kier alpha value is -1.18. The Bertz CT molecular complexity index is 369. The molecule has 18 heavy (non-hydrogen) atoms. The maximum Gasteiger partial charge on any atom is 0.166 e. The lowest BCUT2D eigenvalue weighted by atomic mass is 10.1. The normalized spacial score (nSPS) is 11.3. The first-order valence-electron chi connectivity index (χ1n) is 6.86. The van der Waals surface area contributed by atoms with E-state index in [4.69, 9.17) is 0 Å². The molecule has 0 aliphatic rings. The third-order valence-corrected chi connectivity index (χ3v) is 3.00. The summed E-state index contributed by atoms with van der Waals surface area (Å²) in [5.74, 6) is -1.53. The zero-order chi connectivity index (χ0) is 13.2. The molecule has 0 saturated heterocycles.